The molecule has 2 heterocycles. The summed E-state index contributed by atoms with van der Waals surface area (Å²) in [6.45, 7) is 0. The highest BCUT2D eigenvalue weighted by molar-refractivity contribution is 7.13. The Morgan fingerprint density at radius 2 is 1.83 bits per heavy atom. The fourth-order valence-corrected chi connectivity index (χ4v) is 3.30. The second-order valence-electron chi connectivity index (χ2n) is 5.93. The number of hydrogen-bond donors (Lipinski definition) is 1. The van der Waals surface area contributed by atoms with E-state index in [-0.39, 0.29) is 11.4 Å². The van der Waals surface area contributed by atoms with Crippen LogP contribution in [-0.4, -0.2) is 25.9 Å². The van der Waals surface area contributed by atoms with Gasteiger partial charge < -0.3 is 5.32 Å². The molecule has 0 radical (unpaired) electrons. The first kappa shape index (κ1) is 18.8. The maximum Gasteiger partial charge on any atom is 0.418 e. The fraction of sp³-hybridized carbons (Fsp3) is 0.0526. The number of hydrogen-bond acceptors (Lipinski definition) is 5. The number of halogens is 3. The SMILES string of the molecule is O=C(Nc1ccc(-c2nccs2)cc1)c1cn(-c2ccccc2C(F)(F)F)nn1. The van der Waals surface area contributed by atoms with E-state index in [1.165, 1.54) is 29.5 Å². The van der Waals surface area contributed by atoms with Crippen molar-refractivity contribution < 1.29 is 18.0 Å². The molecule has 0 atom stereocenters. The maximum absolute atomic E-state index is 13.2. The molecule has 0 saturated carbocycles. The van der Waals surface area contributed by atoms with Crippen molar-refractivity contribution in [1.29, 1.82) is 0 Å². The van der Waals surface area contributed by atoms with Gasteiger partial charge in [-0.1, -0.05) is 17.3 Å². The number of amides is 1. The van der Waals surface area contributed by atoms with Crippen LogP contribution in [-0.2, 0) is 6.18 Å². The van der Waals surface area contributed by atoms with Gasteiger partial charge in [-0.3, -0.25) is 4.79 Å². The van der Waals surface area contributed by atoms with Crippen LogP contribution in [0.2, 0.25) is 0 Å². The molecule has 146 valence electrons. The van der Waals surface area contributed by atoms with Gasteiger partial charge in [-0.15, -0.1) is 16.4 Å². The number of aromatic nitrogens is 4. The number of nitrogens with one attached hydrogen (secondary N) is 1. The number of alkyl halides is 3. The van der Waals surface area contributed by atoms with Crippen LogP contribution in [0.3, 0.4) is 0 Å². The zero-order valence-electron chi connectivity index (χ0n) is 14.6. The monoisotopic (exact) mass is 415 g/mol. The highest BCUT2D eigenvalue weighted by Gasteiger charge is 2.34. The lowest BCUT2D eigenvalue weighted by atomic mass is 10.1. The Morgan fingerprint density at radius 3 is 2.52 bits per heavy atom. The van der Waals surface area contributed by atoms with Crippen LogP contribution in [0.1, 0.15) is 16.1 Å². The third-order valence-electron chi connectivity index (χ3n) is 4.00. The lowest BCUT2D eigenvalue weighted by molar-refractivity contribution is -0.137. The van der Waals surface area contributed by atoms with Gasteiger partial charge >= 0.3 is 6.18 Å². The van der Waals surface area contributed by atoms with Crippen molar-refractivity contribution in [3.05, 3.63) is 77.6 Å². The number of carbonyl (C=O) groups is 1. The molecule has 2 aromatic carbocycles. The number of anilines is 1. The summed E-state index contributed by atoms with van der Waals surface area (Å²) in [6, 6.07) is 12.0. The molecule has 0 unspecified atom stereocenters. The standard InChI is InChI=1S/C19H12F3N5OS/c20-19(21,22)14-3-1-2-4-16(14)27-11-15(25-26-27)17(28)24-13-7-5-12(6-8-13)18-23-9-10-29-18/h1-11H,(H,24,28). The predicted octanol–water partition coefficient (Wildman–Crippen LogP) is 4.66. The van der Waals surface area contributed by atoms with Gasteiger partial charge in [-0.2, -0.15) is 13.2 Å². The van der Waals surface area contributed by atoms with Crippen LogP contribution in [0.5, 0.6) is 0 Å². The van der Waals surface area contributed by atoms with E-state index in [9.17, 15) is 18.0 Å². The van der Waals surface area contributed by atoms with E-state index in [0.29, 0.717) is 5.69 Å². The van der Waals surface area contributed by atoms with Crippen molar-refractivity contribution >= 4 is 22.9 Å². The van der Waals surface area contributed by atoms with E-state index in [0.717, 1.165) is 27.5 Å². The van der Waals surface area contributed by atoms with Crippen molar-refractivity contribution in [2.45, 2.75) is 6.18 Å². The van der Waals surface area contributed by atoms with Gasteiger partial charge in [0.05, 0.1) is 17.4 Å². The molecule has 6 nitrogen and oxygen atoms in total. The molecule has 2 aromatic heterocycles. The lowest BCUT2D eigenvalue weighted by Gasteiger charge is -2.11. The zero-order chi connectivity index (χ0) is 20.4. The molecule has 0 spiro atoms. The normalized spacial score (nSPS) is 11.4. The van der Waals surface area contributed by atoms with Crippen LogP contribution in [0.25, 0.3) is 16.3 Å². The summed E-state index contributed by atoms with van der Waals surface area (Å²) in [5.74, 6) is -0.581. The number of rotatable bonds is 4. The van der Waals surface area contributed by atoms with Crippen molar-refractivity contribution in [1.82, 2.24) is 20.0 Å². The molecule has 1 amide bonds. The van der Waals surface area contributed by atoms with Crippen molar-refractivity contribution in [3.63, 3.8) is 0 Å². The Balaban J connectivity index is 1.52. The van der Waals surface area contributed by atoms with Gasteiger partial charge in [0, 0.05) is 22.8 Å². The van der Waals surface area contributed by atoms with Gasteiger partial charge in [-0.05, 0) is 36.4 Å². The van der Waals surface area contributed by atoms with E-state index in [1.54, 1.807) is 18.3 Å². The van der Waals surface area contributed by atoms with Gasteiger partial charge in [0.1, 0.15) is 5.01 Å². The van der Waals surface area contributed by atoms with Gasteiger partial charge in [0.2, 0.25) is 0 Å². The minimum Gasteiger partial charge on any atom is -0.321 e. The molecule has 0 aliphatic carbocycles. The van der Waals surface area contributed by atoms with E-state index in [2.05, 4.69) is 20.6 Å². The molecular weight excluding hydrogens is 403 g/mol. The third-order valence-corrected chi connectivity index (χ3v) is 4.83. The Hall–Kier alpha value is -3.53. The molecule has 4 rings (SSSR count). The topological polar surface area (TPSA) is 72.7 Å². The second kappa shape index (κ2) is 7.47. The smallest absolute Gasteiger partial charge is 0.321 e. The van der Waals surface area contributed by atoms with E-state index >= 15 is 0 Å². The summed E-state index contributed by atoms with van der Waals surface area (Å²) >= 11 is 1.50. The molecule has 1 N–H and O–H groups in total. The average molecular weight is 415 g/mol. The fourth-order valence-electron chi connectivity index (χ4n) is 2.66. The Kier molecular flexibility index (Phi) is 4.85. The van der Waals surface area contributed by atoms with Gasteiger partial charge in [0.15, 0.2) is 5.69 Å². The summed E-state index contributed by atoms with van der Waals surface area (Å²) < 4.78 is 40.5. The van der Waals surface area contributed by atoms with Crippen molar-refractivity contribution in [2.24, 2.45) is 0 Å². The number of benzene rings is 2. The highest BCUT2D eigenvalue weighted by Crippen LogP contribution is 2.33. The largest absolute Gasteiger partial charge is 0.418 e. The molecule has 29 heavy (non-hydrogen) atoms. The van der Waals surface area contributed by atoms with Crippen LogP contribution >= 0.6 is 11.3 Å². The second-order valence-corrected chi connectivity index (χ2v) is 6.83. The average Bonchev–Trinajstić information content (AvgIpc) is 3.40. The Morgan fingerprint density at radius 1 is 1.07 bits per heavy atom. The summed E-state index contributed by atoms with van der Waals surface area (Å²) in [5, 5.41) is 12.7. The summed E-state index contributed by atoms with van der Waals surface area (Å²) in [7, 11) is 0. The molecule has 0 saturated heterocycles. The number of nitrogens with zero attached hydrogens (tertiary/aromatic N) is 4. The molecular formula is C19H12F3N5OS. The molecule has 0 fully saturated rings. The minimum absolute atomic E-state index is 0.106. The first-order valence-electron chi connectivity index (χ1n) is 8.32. The Labute approximate surface area is 166 Å². The van der Waals surface area contributed by atoms with Crippen LogP contribution < -0.4 is 5.32 Å². The summed E-state index contributed by atoms with van der Waals surface area (Å²) in [6.07, 6.45) is -1.69. The molecule has 0 aliphatic rings. The van der Waals surface area contributed by atoms with Crippen LogP contribution in [0.4, 0.5) is 18.9 Å². The third kappa shape index (κ3) is 4.02. The van der Waals surface area contributed by atoms with Crippen LogP contribution in [0, 0.1) is 0 Å². The molecule has 0 aliphatic heterocycles. The van der Waals surface area contributed by atoms with E-state index in [1.807, 2.05) is 17.5 Å². The lowest BCUT2D eigenvalue weighted by Crippen LogP contribution is -2.12. The van der Waals surface area contributed by atoms with Crippen LogP contribution in [0.15, 0.2) is 66.3 Å². The molecule has 10 heteroatoms. The van der Waals surface area contributed by atoms with Crippen molar-refractivity contribution in [2.75, 3.05) is 5.32 Å². The number of carbonyl (C=O) groups excluding carboxylic acids is 1. The summed E-state index contributed by atoms with van der Waals surface area (Å²) in [5.41, 5.74) is 0.244. The maximum atomic E-state index is 13.2. The highest BCUT2D eigenvalue weighted by atomic mass is 32.1. The molecule has 0 bridgehead atoms. The number of para-hydroxylation sites is 1. The predicted molar refractivity (Wildman–Crippen MR) is 102 cm³/mol. The Bertz CT molecular complexity index is 1140. The quantitative estimate of drug-likeness (QED) is 0.526. The van der Waals surface area contributed by atoms with Crippen molar-refractivity contribution in [3.8, 4) is 16.3 Å². The first-order valence-corrected chi connectivity index (χ1v) is 9.20. The minimum atomic E-state index is -4.55. The van der Waals surface area contributed by atoms with Gasteiger partial charge in [-0.25, -0.2) is 9.67 Å². The van der Waals surface area contributed by atoms with E-state index in [4.69, 9.17) is 0 Å². The van der Waals surface area contributed by atoms with E-state index < -0.39 is 17.6 Å². The zero-order valence-corrected chi connectivity index (χ0v) is 15.4. The summed E-state index contributed by atoms with van der Waals surface area (Å²) in [4.78, 5) is 16.6. The van der Waals surface area contributed by atoms with Gasteiger partial charge in [0.25, 0.3) is 5.91 Å². The first-order chi connectivity index (χ1) is 13.9. The molecule has 4 aromatic rings. The number of thiazole rings is 1.